The van der Waals surface area contributed by atoms with Crippen molar-refractivity contribution in [2.24, 2.45) is 0 Å². The third kappa shape index (κ3) is 31.7. The first-order chi connectivity index (χ1) is 51.6. The van der Waals surface area contributed by atoms with Gasteiger partial charge >= 0.3 is 0 Å². The molecule has 0 saturated carbocycles. The Morgan fingerprint density at radius 1 is 0.364 bits per heavy atom. The van der Waals surface area contributed by atoms with Gasteiger partial charge in [-0.25, -0.2) is 0 Å². The molecule has 31 nitrogen and oxygen atoms in total. The van der Waals surface area contributed by atoms with Crippen LogP contribution in [0.2, 0.25) is 0 Å². The second-order valence-electron chi connectivity index (χ2n) is 29.6. The Bertz CT molecular complexity index is 2430. The molecule has 0 aromatic heterocycles. The molecule has 31 heteroatoms. The monoisotopic (exact) mass is 1540 g/mol. The normalized spacial score (nSPS) is 34.1. The van der Waals surface area contributed by atoms with Gasteiger partial charge in [-0.15, -0.1) is 0 Å². The third-order valence-electron chi connectivity index (χ3n) is 20.8. The fraction of sp³-hybridized carbons (Fsp3) is 0.908. The predicted octanol–water partition coefficient (Wildman–Crippen LogP) is 1.87. The number of hydrogen-bond donors (Lipinski definition) is 18. The van der Waals surface area contributed by atoms with Crippen molar-refractivity contribution in [3.8, 4) is 0 Å². The molecule has 0 aromatic carbocycles. The molecule has 0 spiro atoms. The smallest absolute Gasteiger partial charge is 0.220 e. The van der Waals surface area contributed by atoms with Gasteiger partial charge in [0.1, 0.15) is 122 Å². The molecule has 0 aliphatic carbocycles. The Hall–Kier alpha value is -3.11. The summed E-state index contributed by atoms with van der Waals surface area (Å²) >= 11 is 0. The highest BCUT2D eigenvalue weighted by Crippen LogP contribution is 2.38. The maximum Gasteiger partial charge on any atom is 0.220 e. The Kier molecular flexibility index (Phi) is 46.8. The number of carbonyl (C=O) groups excluding carboxylic acids is 3. The van der Waals surface area contributed by atoms with Gasteiger partial charge in [0.15, 0.2) is 31.5 Å². The highest BCUT2D eigenvalue weighted by atomic mass is 16.8. The van der Waals surface area contributed by atoms with Crippen molar-refractivity contribution in [2.45, 2.75) is 399 Å². The molecule has 27 atom stereocenters. The number of carbonyl (C=O) groups is 3. The van der Waals surface area contributed by atoms with Crippen LogP contribution in [0.4, 0.5) is 0 Å². The lowest BCUT2D eigenvalue weighted by Crippen LogP contribution is -2.70. The van der Waals surface area contributed by atoms with Crippen LogP contribution >= 0.6 is 0 Å². The number of rotatable bonds is 54. The van der Waals surface area contributed by atoms with E-state index in [1.165, 1.54) is 128 Å². The maximum absolute atomic E-state index is 13.6. The van der Waals surface area contributed by atoms with E-state index in [-0.39, 0.29) is 12.3 Å². The summed E-state index contributed by atoms with van der Waals surface area (Å²) in [6, 6.07) is -4.39. The minimum Gasteiger partial charge on any atom is -0.394 e. The molecule has 5 aliphatic heterocycles. The van der Waals surface area contributed by atoms with E-state index in [0.29, 0.717) is 12.8 Å². The molecule has 5 aliphatic rings. The third-order valence-corrected chi connectivity index (χ3v) is 20.8. The van der Waals surface area contributed by atoms with Crippen molar-refractivity contribution in [1.82, 2.24) is 16.0 Å². The van der Waals surface area contributed by atoms with E-state index >= 15 is 0 Å². The van der Waals surface area contributed by atoms with E-state index in [1.807, 2.05) is 6.08 Å². The van der Waals surface area contributed by atoms with E-state index in [2.05, 4.69) is 41.9 Å². The number of aliphatic hydroxyl groups excluding tert-OH is 15. The van der Waals surface area contributed by atoms with Crippen molar-refractivity contribution in [1.29, 1.82) is 0 Å². The molecular weight excluding hydrogens is 1400 g/mol. The lowest BCUT2D eigenvalue weighted by atomic mass is 9.94. The highest BCUT2D eigenvalue weighted by molar-refractivity contribution is 5.76. The highest BCUT2D eigenvalue weighted by Gasteiger charge is 2.58. The van der Waals surface area contributed by atoms with Crippen LogP contribution in [-0.2, 0) is 61.8 Å². The zero-order chi connectivity index (χ0) is 78.2. The molecule has 18 N–H and O–H groups in total. The summed E-state index contributed by atoms with van der Waals surface area (Å²) in [7, 11) is 0. The lowest BCUT2D eigenvalue weighted by molar-refractivity contribution is -0.400. The molecule has 0 radical (unpaired) electrons. The summed E-state index contributed by atoms with van der Waals surface area (Å²) < 4.78 is 60.1. The molecule has 5 saturated heterocycles. The number of aliphatic hydroxyl groups is 15. The molecule has 3 amide bonds. The van der Waals surface area contributed by atoms with Gasteiger partial charge in [0.25, 0.3) is 0 Å². The first kappa shape index (κ1) is 94.5. The van der Waals surface area contributed by atoms with E-state index in [0.717, 1.165) is 71.6 Å². The zero-order valence-corrected chi connectivity index (χ0v) is 63.8. The van der Waals surface area contributed by atoms with Crippen LogP contribution in [-0.4, -0.2) is 300 Å². The summed E-state index contributed by atoms with van der Waals surface area (Å²) in [5.74, 6) is -1.89. The molecule has 0 aromatic rings. The molecular formula is C76H137N3O28. The lowest BCUT2D eigenvalue weighted by Gasteiger charge is -2.51. The number of ether oxygens (including phenoxy) is 10. The molecule has 5 heterocycles. The number of amides is 3. The summed E-state index contributed by atoms with van der Waals surface area (Å²) in [6.07, 6.45) is -1.55. The molecule has 5 rings (SSSR count). The summed E-state index contributed by atoms with van der Waals surface area (Å²) in [5.41, 5.74) is 0. The largest absolute Gasteiger partial charge is 0.394 e. The van der Waals surface area contributed by atoms with Gasteiger partial charge in [0.05, 0.1) is 51.8 Å². The second-order valence-corrected chi connectivity index (χ2v) is 29.6. The number of hydrogen-bond acceptors (Lipinski definition) is 28. The average Bonchev–Trinajstić information content (AvgIpc) is 0.768. The van der Waals surface area contributed by atoms with Crippen molar-refractivity contribution in [3.63, 3.8) is 0 Å². The first-order valence-electron chi connectivity index (χ1n) is 40.1. The van der Waals surface area contributed by atoms with Gasteiger partial charge in [-0.3, -0.25) is 14.4 Å². The summed E-state index contributed by atoms with van der Waals surface area (Å²) in [4.78, 5) is 38.5. The summed E-state index contributed by atoms with van der Waals surface area (Å²) in [6.45, 7) is 1.19. The van der Waals surface area contributed by atoms with Crippen LogP contribution in [0.15, 0.2) is 24.3 Å². The summed E-state index contributed by atoms with van der Waals surface area (Å²) in [5, 5.41) is 176. The molecule has 10 unspecified atom stereocenters. The first-order valence-corrected chi connectivity index (χ1v) is 40.1. The van der Waals surface area contributed by atoms with Gasteiger partial charge < -0.3 is 140 Å². The van der Waals surface area contributed by atoms with E-state index in [4.69, 9.17) is 47.4 Å². The van der Waals surface area contributed by atoms with Gasteiger partial charge in [-0.05, 0) is 44.9 Å². The Morgan fingerprint density at radius 2 is 0.710 bits per heavy atom. The van der Waals surface area contributed by atoms with E-state index in [1.54, 1.807) is 6.08 Å². The maximum atomic E-state index is 13.6. The Labute approximate surface area is 632 Å². The Morgan fingerprint density at radius 3 is 1.15 bits per heavy atom. The number of allylic oxidation sites excluding steroid dienone is 3. The van der Waals surface area contributed by atoms with Crippen LogP contribution in [0, 0.1) is 0 Å². The quantitative estimate of drug-likeness (QED) is 0.0305. The average molecular weight is 1540 g/mol. The molecule has 624 valence electrons. The van der Waals surface area contributed by atoms with Crippen molar-refractivity contribution in [3.05, 3.63) is 24.3 Å². The fourth-order valence-corrected chi connectivity index (χ4v) is 14.4. The van der Waals surface area contributed by atoms with Crippen LogP contribution < -0.4 is 16.0 Å². The van der Waals surface area contributed by atoms with E-state index < -0.39 is 217 Å². The van der Waals surface area contributed by atoms with Crippen molar-refractivity contribution < 1.29 is 138 Å². The van der Waals surface area contributed by atoms with Crippen LogP contribution in [0.3, 0.4) is 0 Å². The van der Waals surface area contributed by atoms with Crippen LogP contribution in [0.25, 0.3) is 0 Å². The van der Waals surface area contributed by atoms with Crippen LogP contribution in [0.5, 0.6) is 0 Å². The topological polar surface area (TPSA) is 483 Å². The van der Waals surface area contributed by atoms with Gasteiger partial charge in [0, 0.05) is 20.3 Å². The standard InChI is InChI=1S/C76H137N3O28/c1-5-7-9-11-13-15-17-19-20-21-22-23-24-25-26-28-30-32-34-36-38-40-56(88)79-49(50(87)39-37-35-33-31-29-27-18-16-14-12-10-8-6-2)46-98-74-65(95)64(94)68(54(44-83)102-74)104-76-67(97)71(69(55(45-84)103-76)105-72-57(77-47(3)85)62(92)59(89)51(41-80)99-72)107-75-66(96)70(61(91)53(43-82)101-75)106-73-58(78-48(4)86)63(93)60(90)52(42-81)100-73/h19-20,37,39,49-55,57-76,80-84,87,89-97H,5-18,21-36,38,40-46H2,1-4H3,(H,77,85)(H,78,86)(H,79,88)/b20-19-,39-37+/t49-,50+,51?,52?,53?,54?,55?,57?,58?,59-,60+,61-,62+,63+,64+,65?,66?,67?,68+,69-,70-,71+,72-,73-,74+,75+,76-/m0/s1. The van der Waals surface area contributed by atoms with Crippen LogP contribution in [0.1, 0.15) is 233 Å². The molecule has 5 fully saturated rings. The zero-order valence-electron chi connectivity index (χ0n) is 63.8. The number of nitrogens with one attached hydrogen (secondary N) is 3. The Balaban J connectivity index is 1.27. The molecule has 0 bridgehead atoms. The van der Waals surface area contributed by atoms with Gasteiger partial charge in [-0.2, -0.15) is 0 Å². The molecule has 107 heavy (non-hydrogen) atoms. The minimum absolute atomic E-state index is 0.165. The SMILES string of the molecule is CCCCCCCC/C=C\CCCCCCCCCCCCCC(=O)N[C@@H](CO[C@@H]1OC(CO)[C@@H](O[C@@H]2OC(CO)[C@H](O[C@@H]3OC(CO)[C@H](O)[C@H](O)C3NC(C)=O)[C@H](O[C@H]3OC(CO)[C@H](O)[C@H](O[C@@H]4OC(CO)[C@@H](O)[C@H](O)C4NC(C)=O)C3O)C2O)[C@H](O)C1O)[C@H](O)/C=C/CCCCCCCCCCCCC. The van der Waals surface area contributed by atoms with Crippen molar-refractivity contribution in [2.75, 3.05) is 39.6 Å². The predicted molar refractivity (Wildman–Crippen MR) is 389 cm³/mol. The van der Waals surface area contributed by atoms with Gasteiger partial charge in [0.2, 0.25) is 17.7 Å². The second kappa shape index (κ2) is 53.1. The number of unbranched alkanes of at least 4 members (excludes halogenated alkanes) is 28. The van der Waals surface area contributed by atoms with Gasteiger partial charge in [-0.1, -0.05) is 192 Å². The van der Waals surface area contributed by atoms with E-state index in [9.17, 15) is 91.0 Å². The minimum atomic E-state index is -2.31. The fourth-order valence-electron chi connectivity index (χ4n) is 14.4. The van der Waals surface area contributed by atoms with Crippen molar-refractivity contribution >= 4 is 17.7 Å².